The molecule has 1 aliphatic heterocycles. The van der Waals surface area contributed by atoms with E-state index < -0.39 is 22.2 Å². The van der Waals surface area contributed by atoms with Crippen molar-refractivity contribution >= 4 is 27.5 Å². The molecular weight excluding hydrogens is 558 g/mol. The number of nitrogens with one attached hydrogen (secondary N) is 1. The Kier molecular flexibility index (Phi) is 12.3. The van der Waals surface area contributed by atoms with Crippen molar-refractivity contribution in [3.05, 3.63) is 59.7 Å². The van der Waals surface area contributed by atoms with E-state index in [2.05, 4.69) is 5.32 Å². The Labute approximate surface area is 250 Å². The summed E-state index contributed by atoms with van der Waals surface area (Å²) in [5, 5.41) is 13.0. The summed E-state index contributed by atoms with van der Waals surface area (Å²) in [5.74, 6) is -0.435. The highest BCUT2D eigenvalue weighted by Crippen LogP contribution is 2.28. The number of anilines is 1. The van der Waals surface area contributed by atoms with Crippen molar-refractivity contribution in [2.24, 2.45) is 5.92 Å². The maximum Gasteiger partial charge on any atom is 0.258 e. The summed E-state index contributed by atoms with van der Waals surface area (Å²) in [6.45, 7) is 6.14. The first kappa shape index (κ1) is 33.5. The Morgan fingerprint density at radius 1 is 1.17 bits per heavy atom. The fraction of sp³-hybridized carbons (Fsp3) is 0.548. The van der Waals surface area contributed by atoms with Crippen molar-refractivity contribution in [1.82, 2.24) is 9.21 Å². The van der Waals surface area contributed by atoms with Crippen LogP contribution in [-0.4, -0.2) is 92.4 Å². The lowest BCUT2D eigenvalue weighted by molar-refractivity contribution is -0.115. The largest absolute Gasteiger partial charge is 0.490 e. The molecule has 0 saturated heterocycles. The van der Waals surface area contributed by atoms with Crippen LogP contribution in [0.15, 0.2) is 48.5 Å². The summed E-state index contributed by atoms with van der Waals surface area (Å²) in [6.07, 6.45) is 3.02. The van der Waals surface area contributed by atoms with Gasteiger partial charge >= 0.3 is 0 Å². The average Bonchev–Trinajstić information content (AvgIpc) is 2.94. The molecule has 2 N–H and O–H groups in total. The van der Waals surface area contributed by atoms with E-state index >= 15 is 0 Å². The number of aliphatic hydroxyl groups excluding tert-OH is 1. The zero-order valence-electron chi connectivity index (χ0n) is 25.3. The summed E-state index contributed by atoms with van der Waals surface area (Å²) in [7, 11) is -1.92. The molecule has 4 atom stereocenters. The smallest absolute Gasteiger partial charge is 0.258 e. The normalized spacial score (nSPS) is 21.6. The predicted molar refractivity (Wildman–Crippen MR) is 163 cm³/mol. The van der Waals surface area contributed by atoms with E-state index in [9.17, 15) is 23.1 Å². The van der Waals surface area contributed by atoms with Gasteiger partial charge in [0.2, 0.25) is 15.9 Å². The van der Waals surface area contributed by atoms with Gasteiger partial charge in [-0.15, -0.1) is 0 Å². The number of fused-ring (bicyclic) bond motifs is 1. The molecule has 2 amide bonds. The van der Waals surface area contributed by atoms with Gasteiger partial charge in [0.1, 0.15) is 5.75 Å². The van der Waals surface area contributed by atoms with E-state index in [1.54, 1.807) is 30.0 Å². The molecule has 42 heavy (non-hydrogen) atoms. The van der Waals surface area contributed by atoms with Gasteiger partial charge in [-0.1, -0.05) is 37.3 Å². The molecule has 0 radical (unpaired) electrons. The fourth-order valence-corrected chi connectivity index (χ4v) is 5.26. The van der Waals surface area contributed by atoms with Gasteiger partial charge < -0.3 is 24.8 Å². The van der Waals surface area contributed by atoms with Crippen LogP contribution in [0.2, 0.25) is 0 Å². The lowest BCUT2D eigenvalue weighted by Gasteiger charge is -2.35. The minimum Gasteiger partial charge on any atom is -0.490 e. The molecule has 2 aromatic rings. The molecule has 2 aromatic carbocycles. The van der Waals surface area contributed by atoms with Gasteiger partial charge in [-0.3, -0.25) is 9.59 Å². The first-order valence-corrected chi connectivity index (χ1v) is 16.3. The Morgan fingerprint density at radius 2 is 1.88 bits per heavy atom. The third-order valence-corrected chi connectivity index (χ3v) is 8.83. The Bertz CT molecular complexity index is 1290. The quantitative estimate of drug-likeness (QED) is 0.473. The number of carbonyl (C=O) groups is 2. The third kappa shape index (κ3) is 9.79. The van der Waals surface area contributed by atoms with Gasteiger partial charge in [0.25, 0.3) is 5.91 Å². The van der Waals surface area contributed by atoms with Gasteiger partial charge in [0, 0.05) is 38.3 Å². The molecule has 232 valence electrons. The number of aliphatic hydroxyl groups is 1. The zero-order valence-corrected chi connectivity index (χ0v) is 26.1. The van der Waals surface area contributed by atoms with Crippen LogP contribution < -0.4 is 10.1 Å². The minimum absolute atomic E-state index is 0.142. The number of likely N-dealkylation sites (N-methyl/N-ethyl adjacent to an activating group) is 1. The van der Waals surface area contributed by atoms with E-state index in [1.165, 1.54) is 11.4 Å². The number of benzene rings is 2. The molecule has 0 aliphatic carbocycles. The third-order valence-electron chi connectivity index (χ3n) is 7.55. The first-order chi connectivity index (χ1) is 19.9. The summed E-state index contributed by atoms with van der Waals surface area (Å²) >= 11 is 0. The van der Waals surface area contributed by atoms with E-state index in [0.29, 0.717) is 18.0 Å². The molecule has 0 aromatic heterocycles. The SMILES string of the molecule is C[C@@H]1CCCCO[C@@H](CN(C)S(C)(=O)=O)[C@H](C)CN([C@@H](C)CO)C(=O)c2cc(NC(=O)Cc3ccccc3)ccc2O1. The molecular formula is C31H45N3O7S. The lowest BCUT2D eigenvalue weighted by atomic mass is 10.0. The fourth-order valence-electron chi connectivity index (χ4n) is 4.84. The van der Waals surface area contributed by atoms with Crippen LogP contribution in [0.25, 0.3) is 0 Å². The highest BCUT2D eigenvalue weighted by atomic mass is 32.2. The number of nitrogens with zero attached hydrogens (tertiary/aromatic N) is 2. The second-order valence-electron chi connectivity index (χ2n) is 11.3. The van der Waals surface area contributed by atoms with Gasteiger partial charge in [-0.05, 0) is 56.9 Å². The summed E-state index contributed by atoms with van der Waals surface area (Å²) < 4.78 is 38.0. The zero-order chi connectivity index (χ0) is 30.9. The molecule has 0 fully saturated rings. The molecule has 0 saturated carbocycles. The summed E-state index contributed by atoms with van der Waals surface area (Å²) in [6, 6.07) is 13.9. The highest BCUT2D eigenvalue weighted by molar-refractivity contribution is 7.88. The molecule has 0 bridgehead atoms. The van der Waals surface area contributed by atoms with Crippen LogP contribution in [0.3, 0.4) is 0 Å². The highest BCUT2D eigenvalue weighted by Gasteiger charge is 2.31. The van der Waals surface area contributed by atoms with Crippen molar-refractivity contribution in [2.45, 2.75) is 64.7 Å². The number of rotatable bonds is 8. The van der Waals surface area contributed by atoms with Crippen molar-refractivity contribution in [2.75, 3.05) is 44.9 Å². The number of hydrogen-bond donors (Lipinski definition) is 2. The van der Waals surface area contributed by atoms with Gasteiger partial charge in [0.05, 0.1) is 43.1 Å². The van der Waals surface area contributed by atoms with Crippen molar-refractivity contribution in [1.29, 1.82) is 0 Å². The molecule has 0 spiro atoms. The maximum atomic E-state index is 14.2. The molecule has 3 rings (SSSR count). The molecule has 10 nitrogen and oxygen atoms in total. The van der Waals surface area contributed by atoms with E-state index in [0.717, 1.165) is 31.1 Å². The van der Waals surface area contributed by atoms with Crippen LogP contribution in [0.4, 0.5) is 5.69 Å². The van der Waals surface area contributed by atoms with Crippen LogP contribution >= 0.6 is 0 Å². The number of sulfonamides is 1. The van der Waals surface area contributed by atoms with E-state index in [4.69, 9.17) is 9.47 Å². The van der Waals surface area contributed by atoms with Gasteiger partial charge in [-0.25, -0.2) is 12.7 Å². The molecule has 11 heteroatoms. The standard InChI is InChI=1S/C31H45N3O7S/c1-22-19-34(23(2)21-35)31(37)27-18-26(32-30(36)17-25-12-7-6-8-13-25)14-15-28(27)41-24(3)11-9-10-16-40-29(22)20-33(4)42(5,38)39/h6-8,12-15,18,22-24,29,35H,9-11,16-17,19-21H2,1-5H3,(H,32,36)/t22-,23+,24-,29+/m1/s1. The Balaban J connectivity index is 1.95. The number of amides is 2. The number of ether oxygens (including phenoxy) is 2. The monoisotopic (exact) mass is 603 g/mol. The Hall–Kier alpha value is -2.99. The predicted octanol–water partition coefficient (Wildman–Crippen LogP) is 3.55. The van der Waals surface area contributed by atoms with E-state index in [-0.39, 0.29) is 55.5 Å². The van der Waals surface area contributed by atoms with Crippen LogP contribution in [-0.2, 0) is 26.0 Å². The average molecular weight is 604 g/mol. The maximum absolute atomic E-state index is 14.2. The van der Waals surface area contributed by atoms with Gasteiger partial charge in [-0.2, -0.15) is 0 Å². The topological polar surface area (TPSA) is 125 Å². The molecule has 1 heterocycles. The van der Waals surface area contributed by atoms with E-state index in [1.807, 2.05) is 44.2 Å². The lowest BCUT2D eigenvalue weighted by Crippen LogP contribution is -2.47. The first-order valence-electron chi connectivity index (χ1n) is 14.5. The minimum atomic E-state index is -3.43. The second kappa shape index (κ2) is 15.5. The van der Waals surface area contributed by atoms with Crippen LogP contribution in [0.1, 0.15) is 56.0 Å². The number of carbonyl (C=O) groups excluding carboxylic acids is 2. The number of hydrogen-bond acceptors (Lipinski definition) is 7. The van der Waals surface area contributed by atoms with Gasteiger partial charge in [0.15, 0.2) is 0 Å². The van der Waals surface area contributed by atoms with Crippen molar-refractivity contribution in [3.8, 4) is 5.75 Å². The van der Waals surface area contributed by atoms with Crippen LogP contribution in [0, 0.1) is 5.92 Å². The Morgan fingerprint density at radius 3 is 2.55 bits per heavy atom. The van der Waals surface area contributed by atoms with Crippen LogP contribution in [0.5, 0.6) is 5.75 Å². The van der Waals surface area contributed by atoms with Crippen molar-refractivity contribution in [3.63, 3.8) is 0 Å². The summed E-state index contributed by atoms with van der Waals surface area (Å²) in [4.78, 5) is 28.5. The second-order valence-corrected chi connectivity index (χ2v) is 13.4. The van der Waals surface area contributed by atoms with Crippen molar-refractivity contribution < 1.29 is 32.6 Å². The molecule has 0 unspecified atom stereocenters. The molecule has 1 aliphatic rings. The summed E-state index contributed by atoms with van der Waals surface area (Å²) in [5.41, 5.74) is 1.60.